The summed E-state index contributed by atoms with van der Waals surface area (Å²) in [5.41, 5.74) is 1.26. The number of ether oxygens (including phenoxy) is 2. The summed E-state index contributed by atoms with van der Waals surface area (Å²) in [6.45, 7) is 3.46. The summed E-state index contributed by atoms with van der Waals surface area (Å²) in [6.07, 6.45) is 1.09. The molecule has 140 valence electrons. The van der Waals surface area contributed by atoms with E-state index in [2.05, 4.69) is 91.9 Å². The molecule has 0 heterocycles. The van der Waals surface area contributed by atoms with Gasteiger partial charge in [0.2, 0.25) is 0 Å². The second-order valence-corrected chi connectivity index (χ2v) is 8.72. The van der Waals surface area contributed by atoms with E-state index >= 15 is 0 Å². The maximum absolute atomic E-state index is 6.12. The zero-order valence-electron chi connectivity index (χ0n) is 16.0. The van der Waals surface area contributed by atoms with Crippen LogP contribution in [-0.4, -0.2) is 19.8 Å². The van der Waals surface area contributed by atoms with Crippen molar-refractivity contribution in [2.24, 2.45) is 0 Å². The second-order valence-electron chi connectivity index (χ2n) is 6.54. The largest absolute Gasteiger partial charge is 0.385 e. The van der Waals surface area contributed by atoms with Gasteiger partial charge in [-0.1, -0.05) is 84.9 Å². The first-order valence-corrected chi connectivity index (χ1v) is 10.7. The van der Waals surface area contributed by atoms with E-state index in [-0.39, 0.29) is 6.10 Å². The van der Waals surface area contributed by atoms with Gasteiger partial charge in [-0.15, -0.1) is 0 Å². The predicted octanol–water partition coefficient (Wildman–Crippen LogP) is 4.39. The summed E-state index contributed by atoms with van der Waals surface area (Å²) in [7, 11) is 1.12. The average Bonchev–Trinajstić information content (AvgIpc) is 2.73. The van der Waals surface area contributed by atoms with E-state index in [0.717, 1.165) is 13.0 Å². The molecule has 27 heavy (non-hydrogen) atoms. The molecule has 0 aliphatic carbocycles. The van der Waals surface area contributed by atoms with Gasteiger partial charge in [0.15, 0.2) is 0 Å². The molecule has 0 N–H and O–H groups in total. The van der Waals surface area contributed by atoms with Crippen molar-refractivity contribution in [2.45, 2.75) is 26.1 Å². The zero-order chi connectivity index (χ0) is 18.9. The third kappa shape index (κ3) is 5.49. The lowest BCUT2D eigenvalue weighted by Crippen LogP contribution is -2.24. The van der Waals surface area contributed by atoms with Crippen LogP contribution in [0.3, 0.4) is 0 Å². The van der Waals surface area contributed by atoms with Crippen molar-refractivity contribution < 1.29 is 9.47 Å². The Morgan fingerprint density at radius 1 is 0.778 bits per heavy atom. The van der Waals surface area contributed by atoms with Gasteiger partial charge in [0.1, 0.15) is 0 Å². The molecule has 0 bridgehead atoms. The summed E-state index contributed by atoms with van der Waals surface area (Å²) < 4.78 is 11.3. The average molecular weight is 378 g/mol. The second kappa shape index (κ2) is 10.4. The molecule has 2 nitrogen and oxygen atoms in total. The lowest BCUT2D eigenvalue weighted by molar-refractivity contribution is 0.0305. The molecule has 0 fully saturated rings. The summed E-state index contributed by atoms with van der Waals surface area (Å²) in [6, 6.07) is 30.3. The van der Waals surface area contributed by atoms with E-state index in [0.29, 0.717) is 6.61 Å². The van der Waals surface area contributed by atoms with Crippen molar-refractivity contribution in [3.63, 3.8) is 0 Å². The Hall–Kier alpha value is -1.99. The molecule has 3 aromatic carbocycles. The van der Waals surface area contributed by atoms with Gasteiger partial charge >= 0.3 is 0 Å². The molecule has 0 aliphatic rings. The van der Waals surface area contributed by atoms with Crippen LogP contribution in [0.1, 0.15) is 18.9 Å². The molecule has 0 unspecified atom stereocenters. The quantitative estimate of drug-likeness (QED) is 0.514. The van der Waals surface area contributed by atoms with Crippen molar-refractivity contribution in [2.75, 3.05) is 13.7 Å². The summed E-state index contributed by atoms with van der Waals surface area (Å²) in [5.74, 6) is 0. The highest BCUT2D eigenvalue weighted by Gasteiger charge is 2.19. The Morgan fingerprint density at radius 2 is 1.33 bits per heavy atom. The van der Waals surface area contributed by atoms with Crippen LogP contribution in [0, 0.1) is 0 Å². The molecule has 0 amide bonds. The summed E-state index contributed by atoms with van der Waals surface area (Å²) >= 11 is 0. The fourth-order valence-electron chi connectivity index (χ4n) is 3.03. The number of hydrogen-bond donors (Lipinski definition) is 0. The Bertz CT molecular complexity index is 765. The standard InChI is InChI=1S/C24H27O2P/c1-20(17-18-25-2)26-19-21-11-9-10-16-24(21)27(22-12-5-3-6-13-22)23-14-7-4-8-15-23/h3-16,20H,17-19H2,1-2H3/t20-/m1/s1. The molecule has 0 aliphatic heterocycles. The van der Waals surface area contributed by atoms with Crippen molar-refractivity contribution in [1.29, 1.82) is 0 Å². The van der Waals surface area contributed by atoms with Crippen molar-refractivity contribution >= 4 is 23.8 Å². The maximum Gasteiger partial charge on any atom is 0.0726 e. The van der Waals surface area contributed by atoms with E-state index in [1.807, 2.05) is 0 Å². The molecule has 0 saturated heterocycles. The topological polar surface area (TPSA) is 18.5 Å². The summed E-state index contributed by atoms with van der Waals surface area (Å²) in [5, 5.41) is 4.08. The van der Waals surface area contributed by atoms with Crippen molar-refractivity contribution in [3.05, 3.63) is 90.5 Å². The highest BCUT2D eigenvalue weighted by atomic mass is 31.1. The smallest absolute Gasteiger partial charge is 0.0726 e. The molecule has 3 rings (SSSR count). The third-order valence-electron chi connectivity index (χ3n) is 4.51. The van der Waals surface area contributed by atoms with Crippen LogP contribution in [-0.2, 0) is 16.1 Å². The van der Waals surface area contributed by atoms with E-state index in [1.54, 1.807) is 7.11 Å². The molecule has 0 saturated carbocycles. The van der Waals surface area contributed by atoms with Gasteiger partial charge in [-0.2, -0.15) is 0 Å². The first-order chi connectivity index (χ1) is 13.3. The number of hydrogen-bond acceptors (Lipinski definition) is 2. The van der Waals surface area contributed by atoms with Gasteiger partial charge < -0.3 is 9.47 Å². The van der Waals surface area contributed by atoms with Gasteiger partial charge in [0.05, 0.1) is 12.7 Å². The van der Waals surface area contributed by atoms with Crippen molar-refractivity contribution in [1.82, 2.24) is 0 Å². The predicted molar refractivity (Wildman–Crippen MR) is 116 cm³/mol. The van der Waals surface area contributed by atoms with Crippen LogP contribution in [0.2, 0.25) is 0 Å². The van der Waals surface area contributed by atoms with Gasteiger partial charge in [-0.3, -0.25) is 0 Å². The molecule has 3 aromatic rings. The lowest BCUT2D eigenvalue weighted by Gasteiger charge is -2.23. The Morgan fingerprint density at radius 3 is 1.93 bits per heavy atom. The minimum absolute atomic E-state index is 0.178. The first kappa shape index (κ1) is 19.8. The number of methoxy groups -OCH3 is 1. The third-order valence-corrected chi connectivity index (χ3v) is 7.06. The molecule has 0 radical (unpaired) electrons. The van der Waals surface area contributed by atoms with Crippen LogP contribution in [0.4, 0.5) is 0 Å². The maximum atomic E-state index is 6.12. The molecular formula is C24H27O2P. The Labute approximate surface area is 163 Å². The van der Waals surface area contributed by atoms with Gasteiger partial charge in [0.25, 0.3) is 0 Å². The minimum atomic E-state index is -0.613. The Kier molecular flexibility index (Phi) is 7.59. The fourth-order valence-corrected chi connectivity index (χ4v) is 5.49. The molecular weight excluding hydrogens is 351 g/mol. The monoisotopic (exact) mass is 378 g/mol. The summed E-state index contributed by atoms with van der Waals surface area (Å²) in [4.78, 5) is 0. The number of rotatable bonds is 9. The van der Waals surface area contributed by atoms with E-state index in [9.17, 15) is 0 Å². The molecule has 1 atom stereocenters. The van der Waals surface area contributed by atoms with E-state index in [1.165, 1.54) is 21.5 Å². The van der Waals surface area contributed by atoms with Crippen LogP contribution in [0.25, 0.3) is 0 Å². The van der Waals surface area contributed by atoms with E-state index in [4.69, 9.17) is 9.47 Å². The van der Waals surface area contributed by atoms with Crippen LogP contribution >= 0.6 is 7.92 Å². The lowest BCUT2D eigenvalue weighted by atomic mass is 10.2. The molecule has 3 heteroatoms. The first-order valence-electron chi connectivity index (χ1n) is 9.38. The van der Waals surface area contributed by atoms with Crippen molar-refractivity contribution in [3.8, 4) is 0 Å². The zero-order valence-corrected chi connectivity index (χ0v) is 16.9. The van der Waals surface area contributed by atoms with Gasteiger partial charge in [0, 0.05) is 13.7 Å². The van der Waals surface area contributed by atoms with Gasteiger partial charge in [-0.05, 0) is 42.7 Å². The van der Waals surface area contributed by atoms with Crippen LogP contribution < -0.4 is 15.9 Å². The van der Waals surface area contributed by atoms with Gasteiger partial charge in [-0.25, -0.2) is 0 Å². The molecule has 0 spiro atoms. The Balaban J connectivity index is 1.91. The normalized spacial score (nSPS) is 12.3. The molecule has 0 aromatic heterocycles. The SMILES string of the molecule is COCC[C@@H](C)OCc1ccccc1P(c1ccccc1)c1ccccc1. The highest BCUT2D eigenvalue weighted by molar-refractivity contribution is 7.79. The highest BCUT2D eigenvalue weighted by Crippen LogP contribution is 2.34. The van der Waals surface area contributed by atoms with E-state index < -0.39 is 7.92 Å². The van der Waals surface area contributed by atoms with Crippen LogP contribution in [0.15, 0.2) is 84.9 Å². The minimum Gasteiger partial charge on any atom is -0.385 e. The number of benzene rings is 3. The fraction of sp³-hybridized carbons (Fsp3) is 0.250. The van der Waals surface area contributed by atoms with Crippen LogP contribution in [0.5, 0.6) is 0 Å².